The predicted octanol–water partition coefficient (Wildman–Crippen LogP) is 1.15. The van der Waals surface area contributed by atoms with Crippen LogP contribution in [0.2, 0.25) is 0 Å². The van der Waals surface area contributed by atoms with E-state index in [0.29, 0.717) is 5.01 Å². The second-order valence-corrected chi connectivity index (χ2v) is 5.33. The number of hydrogen-bond donors (Lipinski definition) is 2. The van der Waals surface area contributed by atoms with E-state index in [9.17, 15) is 4.79 Å². The number of hydrogen-bond acceptors (Lipinski definition) is 4. The highest BCUT2D eigenvalue weighted by molar-refractivity contribution is 7.12. The maximum atomic E-state index is 11.1. The Bertz CT molecular complexity index is 375. The van der Waals surface area contributed by atoms with E-state index >= 15 is 0 Å². The molecule has 0 radical (unpaired) electrons. The molecule has 0 saturated heterocycles. The van der Waals surface area contributed by atoms with Gasteiger partial charge < -0.3 is 10.4 Å². The van der Waals surface area contributed by atoms with E-state index in [1.54, 1.807) is 13.8 Å². The van der Waals surface area contributed by atoms with Crippen LogP contribution < -0.4 is 5.32 Å². The average Bonchev–Trinajstić information content (AvgIpc) is 2.61. The summed E-state index contributed by atoms with van der Waals surface area (Å²) in [4.78, 5) is 16.7. The molecule has 1 aliphatic rings. The van der Waals surface area contributed by atoms with E-state index in [1.807, 2.05) is 0 Å². The van der Waals surface area contributed by atoms with Crippen LogP contribution in [0.3, 0.4) is 0 Å². The van der Waals surface area contributed by atoms with E-state index in [4.69, 9.17) is 5.11 Å². The number of thiazole rings is 1. The quantitative estimate of drug-likeness (QED) is 0.794. The van der Waals surface area contributed by atoms with Crippen molar-refractivity contribution in [2.75, 3.05) is 6.54 Å². The van der Waals surface area contributed by atoms with Crippen LogP contribution in [0, 0.1) is 0 Å². The van der Waals surface area contributed by atoms with Gasteiger partial charge >= 0.3 is 5.97 Å². The Labute approximate surface area is 92.3 Å². The van der Waals surface area contributed by atoms with E-state index in [0.717, 1.165) is 25.2 Å². The smallest absolute Gasteiger partial charge is 0.316 e. The monoisotopic (exact) mass is 226 g/mol. The highest BCUT2D eigenvalue weighted by Gasteiger charge is 2.34. The van der Waals surface area contributed by atoms with Crippen molar-refractivity contribution >= 4 is 17.3 Å². The number of aromatic nitrogens is 1. The van der Waals surface area contributed by atoms with Gasteiger partial charge in [0, 0.05) is 24.4 Å². The van der Waals surface area contributed by atoms with Crippen molar-refractivity contribution in [3.63, 3.8) is 0 Å². The van der Waals surface area contributed by atoms with Crippen LogP contribution in [0.25, 0.3) is 0 Å². The first kappa shape index (κ1) is 10.6. The Hall–Kier alpha value is -0.940. The molecule has 0 spiro atoms. The summed E-state index contributed by atoms with van der Waals surface area (Å²) >= 11 is 1.52. The number of carboxylic acid groups (broad SMARTS) is 1. The minimum absolute atomic E-state index is 0.712. The van der Waals surface area contributed by atoms with Gasteiger partial charge in [-0.1, -0.05) is 0 Å². The fraction of sp³-hybridized carbons (Fsp3) is 0.600. The highest BCUT2D eigenvalue weighted by atomic mass is 32.1. The predicted molar refractivity (Wildman–Crippen MR) is 58.2 cm³/mol. The van der Waals surface area contributed by atoms with Crippen molar-refractivity contribution < 1.29 is 9.90 Å². The fourth-order valence-electron chi connectivity index (χ4n) is 1.48. The van der Waals surface area contributed by atoms with E-state index in [1.165, 1.54) is 16.2 Å². The molecule has 0 aliphatic carbocycles. The molecule has 1 aliphatic heterocycles. The third-order valence-corrected chi connectivity index (χ3v) is 4.09. The highest BCUT2D eigenvalue weighted by Crippen LogP contribution is 2.31. The Morgan fingerprint density at radius 3 is 2.93 bits per heavy atom. The maximum absolute atomic E-state index is 11.1. The summed E-state index contributed by atoms with van der Waals surface area (Å²) < 4.78 is 0. The number of nitrogens with zero attached hydrogens (tertiary/aromatic N) is 1. The van der Waals surface area contributed by atoms with Gasteiger partial charge in [0.05, 0.1) is 5.69 Å². The zero-order valence-electron chi connectivity index (χ0n) is 8.83. The molecule has 0 saturated carbocycles. The topological polar surface area (TPSA) is 62.2 Å². The molecule has 4 nitrogen and oxygen atoms in total. The average molecular weight is 226 g/mol. The lowest BCUT2D eigenvalue weighted by Crippen LogP contribution is -2.28. The molecule has 5 heteroatoms. The molecular weight excluding hydrogens is 212 g/mol. The second-order valence-electron chi connectivity index (χ2n) is 4.25. The second kappa shape index (κ2) is 3.57. The van der Waals surface area contributed by atoms with Crippen LogP contribution in [0.15, 0.2) is 0 Å². The van der Waals surface area contributed by atoms with Crippen molar-refractivity contribution in [1.29, 1.82) is 0 Å². The summed E-state index contributed by atoms with van der Waals surface area (Å²) in [5.74, 6) is -0.818. The van der Waals surface area contributed by atoms with Crippen molar-refractivity contribution in [2.45, 2.75) is 32.2 Å². The molecule has 0 atom stereocenters. The molecule has 0 bridgehead atoms. The van der Waals surface area contributed by atoms with Gasteiger partial charge in [-0.2, -0.15) is 0 Å². The van der Waals surface area contributed by atoms with Gasteiger partial charge in [-0.25, -0.2) is 4.98 Å². The van der Waals surface area contributed by atoms with Gasteiger partial charge in [-0.15, -0.1) is 11.3 Å². The molecule has 1 aromatic rings. The third-order valence-electron chi connectivity index (χ3n) is 2.67. The molecule has 0 aromatic carbocycles. The van der Waals surface area contributed by atoms with E-state index < -0.39 is 11.4 Å². The van der Waals surface area contributed by atoms with Crippen molar-refractivity contribution in [2.24, 2.45) is 0 Å². The van der Waals surface area contributed by atoms with Crippen molar-refractivity contribution in [1.82, 2.24) is 10.3 Å². The number of carboxylic acids is 1. The van der Waals surface area contributed by atoms with Crippen LogP contribution in [0.4, 0.5) is 0 Å². The Morgan fingerprint density at radius 1 is 1.60 bits per heavy atom. The summed E-state index contributed by atoms with van der Waals surface area (Å²) in [6.45, 7) is 5.16. The van der Waals surface area contributed by atoms with Gasteiger partial charge in [0.25, 0.3) is 0 Å². The molecular formula is C10H14N2O2S. The minimum atomic E-state index is -0.873. The number of nitrogens with one attached hydrogen (secondary N) is 1. The van der Waals surface area contributed by atoms with Crippen LogP contribution in [-0.2, 0) is 23.2 Å². The summed E-state index contributed by atoms with van der Waals surface area (Å²) in [5, 5.41) is 13.1. The summed E-state index contributed by atoms with van der Waals surface area (Å²) in [5.41, 5.74) is 0.199. The molecule has 0 unspecified atom stereocenters. The van der Waals surface area contributed by atoms with E-state index in [2.05, 4.69) is 10.3 Å². The lowest BCUT2D eigenvalue weighted by Gasteiger charge is -2.14. The first-order valence-corrected chi connectivity index (χ1v) is 5.76. The lowest BCUT2D eigenvalue weighted by atomic mass is 9.95. The molecule has 15 heavy (non-hydrogen) atoms. The summed E-state index contributed by atoms with van der Waals surface area (Å²) in [6.07, 6.45) is 0.904. The van der Waals surface area contributed by atoms with Gasteiger partial charge in [0.15, 0.2) is 0 Å². The van der Waals surface area contributed by atoms with Gasteiger partial charge in [0.2, 0.25) is 0 Å². The lowest BCUT2D eigenvalue weighted by molar-refractivity contribution is -0.142. The zero-order chi connectivity index (χ0) is 11.1. The van der Waals surface area contributed by atoms with Crippen molar-refractivity contribution in [3.05, 3.63) is 15.6 Å². The molecule has 82 valence electrons. The number of fused-ring (bicyclic) bond motifs is 1. The molecule has 1 aromatic heterocycles. The van der Waals surface area contributed by atoms with Gasteiger partial charge in [-0.05, 0) is 13.8 Å². The maximum Gasteiger partial charge on any atom is 0.316 e. The summed E-state index contributed by atoms with van der Waals surface area (Å²) in [7, 11) is 0. The molecule has 2 N–H and O–H groups in total. The van der Waals surface area contributed by atoms with Crippen molar-refractivity contribution in [3.8, 4) is 0 Å². The molecule has 2 heterocycles. The van der Waals surface area contributed by atoms with Crippen LogP contribution in [-0.4, -0.2) is 22.6 Å². The Morgan fingerprint density at radius 2 is 2.33 bits per heavy atom. The third kappa shape index (κ3) is 1.77. The first-order chi connectivity index (χ1) is 7.01. The van der Waals surface area contributed by atoms with Crippen LogP contribution in [0.5, 0.6) is 0 Å². The SMILES string of the molecule is CC(C)(C(=O)O)c1nc2c(s1)CNCC2. The standard InChI is InChI=1S/C10H14N2O2S/c1-10(2,9(13)14)8-12-6-3-4-11-5-7(6)15-8/h11H,3-5H2,1-2H3,(H,13,14). The Kier molecular flexibility index (Phi) is 2.52. The van der Waals surface area contributed by atoms with Crippen LogP contribution in [0.1, 0.15) is 29.4 Å². The minimum Gasteiger partial charge on any atom is -0.481 e. The van der Waals surface area contributed by atoms with Crippen LogP contribution >= 0.6 is 11.3 Å². The van der Waals surface area contributed by atoms with Gasteiger partial charge in [0.1, 0.15) is 10.4 Å². The fourth-order valence-corrected chi connectivity index (χ4v) is 2.66. The number of rotatable bonds is 2. The largest absolute Gasteiger partial charge is 0.481 e. The number of carbonyl (C=O) groups is 1. The molecule has 2 rings (SSSR count). The Balaban J connectivity index is 2.37. The van der Waals surface area contributed by atoms with Gasteiger partial charge in [-0.3, -0.25) is 4.79 Å². The molecule has 0 fully saturated rings. The summed E-state index contributed by atoms with van der Waals surface area (Å²) in [6, 6.07) is 0. The zero-order valence-corrected chi connectivity index (χ0v) is 9.65. The number of aliphatic carboxylic acids is 1. The van der Waals surface area contributed by atoms with E-state index in [-0.39, 0.29) is 0 Å². The first-order valence-electron chi connectivity index (χ1n) is 4.95. The normalized spacial score (nSPS) is 16.1. The molecule has 0 amide bonds.